The number of ketones is 1. The molecule has 30 heavy (non-hydrogen) atoms. The molecule has 0 radical (unpaired) electrons. The predicted molar refractivity (Wildman–Crippen MR) is 119 cm³/mol. The first-order chi connectivity index (χ1) is 14.3. The van der Waals surface area contributed by atoms with Crippen LogP contribution in [-0.4, -0.2) is 16.4 Å². The number of carbonyl (C=O) groups is 1. The molecule has 152 valence electrons. The third-order valence-corrected chi connectivity index (χ3v) is 5.02. The third-order valence-electron chi connectivity index (χ3n) is 5.02. The van der Waals surface area contributed by atoms with Crippen LogP contribution >= 0.6 is 0 Å². The first-order valence-electron chi connectivity index (χ1n) is 10.0. The summed E-state index contributed by atoms with van der Waals surface area (Å²) < 4.78 is 6.25. The second-order valence-corrected chi connectivity index (χ2v) is 8.43. The maximum Gasteiger partial charge on any atom is 0.198 e. The van der Waals surface area contributed by atoms with E-state index in [0.717, 1.165) is 5.56 Å². The zero-order chi connectivity index (χ0) is 21.3. The summed E-state index contributed by atoms with van der Waals surface area (Å²) in [7, 11) is 0. The molecule has 1 atom stereocenters. The fourth-order valence-electron chi connectivity index (χ4n) is 3.51. The van der Waals surface area contributed by atoms with Crippen molar-refractivity contribution in [1.29, 1.82) is 0 Å². The van der Waals surface area contributed by atoms with Gasteiger partial charge in [0.2, 0.25) is 0 Å². The fourth-order valence-corrected chi connectivity index (χ4v) is 3.51. The minimum Gasteiger partial charge on any atom is -0.507 e. The Bertz CT molecular complexity index is 1110. The van der Waals surface area contributed by atoms with Gasteiger partial charge in [0.05, 0.1) is 11.1 Å². The topological polar surface area (TPSA) is 58.6 Å². The molecule has 4 heteroatoms. The average Bonchev–Trinajstić information content (AvgIpc) is 2.73. The molecule has 1 aliphatic heterocycles. The van der Waals surface area contributed by atoms with Crippen LogP contribution in [-0.2, 0) is 0 Å². The van der Waals surface area contributed by atoms with Gasteiger partial charge in [0, 0.05) is 22.9 Å². The highest BCUT2D eigenvalue weighted by Gasteiger charge is 2.35. The third kappa shape index (κ3) is 3.81. The van der Waals surface area contributed by atoms with Gasteiger partial charge in [-0.2, -0.15) is 0 Å². The number of para-hydroxylation sites is 2. The van der Waals surface area contributed by atoms with Crippen LogP contribution in [0, 0.1) is 0 Å². The summed E-state index contributed by atoms with van der Waals surface area (Å²) in [5, 5.41) is 14.4. The number of benzene rings is 3. The minimum absolute atomic E-state index is 0.108. The quantitative estimate of drug-likeness (QED) is 0.559. The summed E-state index contributed by atoms with van der Waals surface area (Å²) >= 11 is 0. The van der Waals surface area contributed by atoms with Crippen molar-refractivity contribution in [3.8, 4) is 22.6 Å². The van der Waals surface area contributed by atoms with Crippen LogP contribution in [0.4, 0.5) is 0 Å². The van der Waals surface area contributed by atoms with Gasteiger partial charge in [-0.1, -0.05) is 60.7 Å². The molecule has 0 saturated heterocycles. The van der Waals surface area contributed by atoms with Gasteiger partial charge in [-0.3, -0.25) is 4.79 Å². The van der Waals surface area contributed by atoms with Crippen molar-refractivity contribution in [2.45, 2.75) is 32.4 Å². The van der Waals surface area contributed by atoms with Gasteiger partial charge in [0.25, 0.3) is 0 Å². The van der Waals surface area contributed by atoms with E-state index >= 15 is 0 Å². The van der Waals surface area contributed by atoms with Crippen molar-refractivity contribution in [3.63, 3.8) is 0 Å². The van der Waals surface area contributed by atoms with Gasteiger partial charge in [0.15, 0.2) is 11.9 Å². The van der Waals surface area contributed by atoms with E-state index in [0.29, 0.717) is 28.0 Å². The lowest BCUT2D eigenvalue weighted by Crippen LogP contribution is -2.34. The number of aromatic hydroxyl groups is 1. The molecule has 4 nitrogen and oxygen atoms in total. The van der Waals surface area contributed by atoms with Gasteiger partial charge in [0.1, 0.15) is 11.5 Å². The van der Waals surface area contributed by atoms with Gasteiger partial charge in [-0.05, 0) is 38.5 Å². The summed E-state index contributed by atoms with van der Waals surface area (Å²) in [6, 6.07) is 22.4. The lowest BCUT2D eigenvalue weighted by molar-refractivity contribution is 0.0958. The van der Waals surface area contributed by atoms with E-state index in [1.807, 2.05) is 75.4 Å². The molecule has 3 aromatic rings. The molecule has 0 aromatic heterocycles. The summed E-state index contributed by atoms with van der Waals surface area (Å²) in [6.07, 6.45) is 1.00. The number of hydrogen-bond donors (Lipinski definition) is 2. The molecule has 3 aromatic carbocycles. The van der Waals surface area contributed by atoms with Crippen LogP contribution in [0.2, 0.25) is 0 Å². The molecule has 1 aliphatic rings. The van der Waals surface area contributed by atoms with Crippen molar-refractivity contribution >= 4 is 5.78 Å². The summed E-state index contributed by atoms with van der Waals surface area (Å²) in [5.41, 5.74) is 2.92. The molecule has 0 amide bonds. The Balaban J connectivity index is 1.84. The van der Waals surface area contributed by atoms with Crippen molar-refractivity contribution in [3.05, 3.63) is 95.7 Å². The van der Waals surface area contributed by atoms with E-state index in [1.54, 1.807) is 24.4 Å². The van der Waals surface area contributed by atoms with Crippen molar-refractivity contribution < 1.29 is 14.6 Å². The maximum atomic E-state index is 13.3. The Morgan fingerprint density at radius 1 is 0.900 bits per heavy atom. The molecule has 0 saturated carbocycles. The van der Waals surface area contributed by atoms with E-state index in [4.69, 9.17) is 4.74 Å². The van der Waals surface area contributed by atoms with Crippen LogP contribution in [0.15, 0.2) is 84.6 Å². The Kier molecular flexibility index (Phi) is 5.08. The zero-order valence-electron chi connectivity index (χ0n) is 17.3. The highest BCUT2D eigenvalue weighted by molar-refractivity contribution is 6.12. The molecular weight excluding hydrogens is 374 g/mol. The predicted octanol–water partition coefficient (Wildman–Crippen LogP) is 5.65. The summed E-state index contributed by atoms with van der Waals surface area (Å²) in [5.74, 6) is 0.524. The Morgan fingerprint density at radius 3 is 2.30 bits per heavy atom. The lowest BCUT2D eigenvalue weighted by Gasteiger charge is -2.30. The molecule has 0 fully saturated rings. The number of carbonyl (C=O) groups excluding carboxylic acids is 1. The standard InChI is InChI=1S/C26H25NO3/c1-26(2,3)27-16-21-24(29)19-12-7-8-15-22(19)30-25(21)20-14-9-13-18(23(20)28)17-10-5-4-6-11-17/h4-16,25,27-28H,1-3H3/b21-16+. The molecule has 4 rings (SSSR count). The van der Waals surface area contributed by atoms with E-state index < -0.39 is 6.10 Å². The van der Waals surface area contributed by atoms with Crippen LogP contribution in [0.1, 0.15) is 42.8 Å². The minimum atomic E-state index is -0.717. The van der Waals surface area contributed by atoms with Crippen LogP contribution in [0.5, 0.6) is 11.5 Å². The molecule has 0 aliphatic carbocycles. The van der Waals surface area contributed by atoms with Crippen molar-refractivity contribution in [1.82, 2.24) is 5.32 Å². The summed E-state index contributed by atoms with van der Waals surface area (Å²) in [4.78, 5) is 13.3. The van der Waals surface area contributed by atoms with Gasteiger partial charge < -0.3 is 15.2 Å². The smallest absolute Gasteiger partial charge is 0.198 e. The number of hydrogen-bond acceptors (Lipinski definition) is 4. The molecule has 1 unspecified atom stereocenters. The Labute approximate surface area is 176 Å². The van der Waals surface area contributed by atoms with Crippen LogP contribution < -0.4 is 10.1 Å². The van der Waals surface area contributed by atoms with Crippen LogP contribution in [0.25, 0.3) is 11.1 Å². The number of nitrogens with one attached hydrogen (secondary N) is 1. The molecular formula is C26H25NO3. The first-order valence-corrected chi connectivity index (χ1v) is 10.0. The number of Topliss-reactive ketones (excluding diaryl/α,β-unsaturated/α-hetero) is 1. The highest BCUT2D eigenvalue weighted by atomic mass is 16.5. The largest absolute Gasteiger partial charge is 0.507 e. The second-order valence-electron chi connectivity index (χ2n) is 8.43. The average molecular weight is 399 g/mol. The van der Waals surface area contributed by atoms with E-state index in [1.165, 1.54) is 0 Å². The number of ether oxygens (including phenoxy) is 1. The van der Waals surface area contributed by atoms with Gasteiger partial charge >= 0.3 is 0 Å². The van der Waals surface area contributed by atoms with E-state index in [-0.39, 0.29) is 17.1 Å². The number of fused-ring (bicyclic) bond motifs is 1. The number of phenolic OH excluding ortho intramolecular Hbond substituents is 1. The second kappa shape index (κ2) is 7.71. The number of phenols is 1. The SMILES string of the molecule is CC(C)(C)N/C=C1\C(=O)c2ccccc2OC1c1cccc(-c2ccccc2)c1O. The zero-order valence-corrected chi connectivity index (χ0v) is 17.3. The molecule has 0 spiro atoms. The first kappa shape index (κ1) is 19.8. The lowest BCUT2D eigenvalue weighted by atomic mass is 9.89. The van der Waals surface area contributed by atoms with Crippen molar-refractivity contribution in [2.75, 3.05) is 0 Å². The van der Waals surface area contributed by atoms with Crippen molar-refractivity contribution in [2.24, 2.45) is 0 Å². The molecule has 2 N–H and O–H groups in total. The number of rotatable bonds is 3. The fraction of sp³-hybridized carbons (Fsp3) is 0.192. The van der Waals surface area contributed by atoms with E-state index in [9.17, 15) is 9.90 Å². The van der Waals surface area contributed by atoms with Gasteiger partial charge in [-0.15, -0.1) is 0 Å². The summed E-state index contributed by atoms with van der Waals surface area (Å²) in [6.45, 7) is 6.07. The normalized spacial score (nSPS) is 17.4. The monoisotopic (exact) mass is 399 g/mol. The molecule has 0 bridgehead atoms. The maximum absolute atomic E-state index is 13.3. The highest BCUT2D eigenvalue weighted by Crippen LogP contribution is 2.43. The Morgan fingerprint density at radius 2 is 1.57 bits per heavy atom. The Hall–Kier alpha value is -3.53. The molecule has 1 heterocycles. The van der Waals surface area contributed by atoms with Crippen LogP contribution in [0.3, 0.4) is 0 Å². The van der Waals surface area contributed by atoms with E-state index in [2.05, 4.69) is 5.32 Å². The van der Waals surface area contributed by atoms with Gasteiger partial charge in [-0.25, -0.2) is 0 Å².